The van der Waals surface area contributed by atoms with Crippen LogP contribution in [0.15, 0.2) is 36.5 Å². The number of hydrogen-bond donors (Lipinski definition) is 3. The molecule has 0 rings (SSSR count). The Hall–Kier alpha value is -1.28. The molecule has 0 spiro atoms. The Morgan fingerprint density at radius 2 is 1.08 bits per heavy atom. The predicted octanol–water partition coefficient (Wildman–Crippen LogP) is 11.1. The molecule has 0 aliphatic rings. The number of unbranched alkanes of at least 4 members (excludes halogenated alkanes) is 20. The van der Waals surface area contributed by atoms with Gasteiger partial charge in [-0.2, -0.15) is 0 Å². The monoisotopic (exact) mass is 742 g/mol. The van der Waals surface area contributed by atoms with Crippen LogP contribution in [0, 0.1) is 0 Å². The molecule has 0 aromatic carbocycles. The minimum absolute atomic E-state index is 0.0527. The normalized spacial score (nSPS) is 14.9. The first-order chi connectivity index (χ1) is 24.5. The van der Waals surface area contributed by atoms with E-state index in [1.165, 1.54) is 109 Å². The standard InChI is InChI=1S/C42H81N2O6P/c1-6-8-10-11-12-13-14-15-16-17-18-19-20-21-22-23-24-25-26-27-28-29-30-31-32-34-35-41(45)40(43-42(46)36-33-9-7-2)39-50-51(47,48)49-38-37-44(3,4)5/h25-26,29-30,34-35,40-41,45H,6-24,27-28,31-33,36-39H2,1-5H3,(H-,43,46,47,48)/p+1/b26-25+,30-29+,35-34+. The number of nitrogens with one attached hydrogen (secondary N) is 1. The molecule has 3 N–H and O–H groups in total. The van der Waals surface area contributed by atoms with Gasteiger partial charge in [-0.1, -0.05) is 159 Å². The summed E-state index contributed by atoms with van der Waals surface area (Å²) in [6.07, 6.45) is 41.8. The van der Waals surface area contributed by atoms with E-state index < -0.39 is 20.0 Å². The summed E-state index contributed by atoms with van der Waals surface area (Å²) in [5.74, 6) is -0.217. The summed E-state index contributed by atoms with van der Waals surface area (Å²) in [5.41, 5.74) is 0. The number of aliphatic hydroxyl groups is 1. The summed E-state index contributed by atoms with van der Waals surface area (Å²) in [6, 6.07) is -0.862. The van der Waals surface area contributed by atoms with Crippen molar-refractivity contribution in [2.45, 2.75) is 187 Å². The molecule has 0 radical (unpaired) electrons. The number of allylic oxidation sites excluding steroid dienone is 5. The van der Waals surface area contributed by atoms with Gasteiger partial charge in [-0.15, -0.1) is 0 Å². The maximum atomic E-state index is 12.5. The van der Waals surface area contributed by atoms with Gasteiger partial charge in [0.15, 0.2) is 0 Å². The molecule has 0 heterocycles. The van der Waals surface area contributed by atoms with Gasteiger partial charge in [0.25, 0.3) is 0 Å². The molecule has 1 amide bonds. The summed E-state index contributed by atoms with van der Waals surface area (Å²) in [7, 11) is 1.54. The van der Waals surface area contributed by atoms with Gasteiger partial charge in [0.05, 0.1) is 39.9 Å². The van der Waals surface area contributed by atoms with E-state index in [0.717, 1.165) is 44.9 Å². The van der Waals surface area contributed by atoms with Crippen LogP contribution in [0.5, 0.6) is 0 Å². The molecular weight excluding hydrogens is 659 g/mol. The first-order valence-electron chi connectivity index (χ1n) is 20.9. The molecule has 51 heavy (non-hydrogen) atoms. The number of hydrogen-bond acceptors (Lipinski definition) is 5. The number of phosphoric acid groups is 1. The van der Waals surface area contributed by atoms with Gasteiger partial charge in [-0.25, -0.2) is 4.57 Å². The number of likely N-dealkylation sites (N-methyl/N-ethyl adjacent to an activating group) is 1. The number of aliphatic hydroxyl groups excluding tert-OH is 1. The summed E-state index contributed by atoms with van der Waals surface area (Å²) < 4.78 is 23.2. The van der Waals surface area contributed by atoms with Crippen molar-refractivity contribution in [2.24, 2.45) is 0 Å². The van der Waals surface area contributed by atoms with Crippen molar-refractivity contribution in [3.63, 3.8) is 0 Å². The van der Waals surface area contributed by atoms with Crippen LogP contribution in [0.4, 0.5) is 0 Å². The van der Waals surface area contributed by atoms with Crippen molar-refractivity contribution >= 4 is 13.7 Å². The van der Waals surface area contributed by atoms with E-state index in [2.05, 4.69) is 43.5 Å². The number of nitrogens with zero attached hydrogens (tertiary/aromatic N) is 1. The van der Waals surface area contributed by atoms with Crippen molar-refractivity contribution < 1.29 is 32.9 Å². The molecule has 0 aromatic heterocycles. The number of carbonyl (C=O) groups is 1. The lowest BCUT2D eigenvalue weighted by Gasteiger charge is -2.25. The molecule has 3 atom stereocenters. The summed E-state index contributed by atoms with van der Waals surface area (Å²) in [4.78, 5) is 22.6. The lowest BCUT2D eigenvalue weighted by molar-refractivity contribution is -0.870. The highest BCUT2D eigenvalue weighted by atomic mass is 31.2. The first-order valence-corrected chi connectivity index (χ1v) is 22.4. The third-order valence-electron chi connectivity index (χ3n) is 9.09. The topological polar surface area (TPSA) is 105 Å². The van der Waals surface area contributed by atoms with E-state index in [0.29, 0.717) is 17.4 Å². The molecule has 0 aromatic rings. The van der Waals surface area contributed by atoms with Gasteiger partial charge >= 0.3 is 7.82 Å². The molecule has 300 valence electrons. The van der Waals surface area contributed by atoms with Crippen molar-refractivity contribution in [2.75, 3.05) is 40.9 Å². The van der Waals surface area contributed by atoms with E-state index in [-0.39, 0.29) is 19.1 Å². The number of carbonyl (C=O) groups excluding carboxylic acids is 1. The fourth-order valence-corrected chi connectivity index (χ4v) is 6.45. The van der Waals surface area contributed by atoms with Crippen LogP contribution in [0.3, 0.4) is 0 Å². The largest absolute Gasteiger partial charge is 0.472 e. The Balaban J connectivity index is 4.09. The molecule has 0 saturated carbocycles. The van der Waals surface area contributed by atoms with Crippen LogP contribution in [-0.2, 0) is 18.4 Å². The highest BCUT2D eigenvalue weighted by Gasteiger charge is 2.27. The quantitative estimate of drug-likeness (QED) is 0.0253. The van der Waals surface area contributed by atoms with Crippen molar-refractivity contribution in [1.29, 1.82) is 0 Å². The van der Waals surface area contributed by atoms with Crippen LogP contribution in [0.1, 0.15) is 174 Å². The first kappa shape index (κ1) is 49.7. The fraction of sp³-hybridized carbons (Fsp3) is 0.833. The van der Waals surface area contributed by atoms with Gasteiger partial charge in [0, 0.05) is 6.42 Å². The molecule has 8 nitrogen and oxygen atoms in total. The lowest BCUT2D eigenvalue weighted by atomic mass is 10.0. The third kappa shape index (κ3) is 36.9. The van der Waals surface area contributed by atoms with E-state index >= 15 is 0 Å². The van der Waals surface area contributed by atoms with E-state index in [1.54, 1.807) is 6.08 Å². The molecule has 0 aliphatic carbocycles. The van der Waals surface area contributed by atoms with Crippen molar-refractivity contribution in [1.82, 2.24) is 5.32 Å². The molecule has 0 saturated heterocycles. The minimum Gasteiger partial charge on any atom is -0.387 e. The third-order valence-corrected chi connectivity index (χ3v) is 10.1. The van der Waals surface area contributed by atoms with Crippen LogP contribution in [-0.4, -0.2) is 73.4 Å². The van der Waals surface area contributed by atoms with Crippen molar-refractivity contribution in [3.05, 3.63) is 36.5 Å². The zero-order chi connectivity index (χ0) is 37.9. The van der Waals surface area contributed by atoms with Gasteiger partial charge in [-0.3, -0.25) is 13.8 Å². The average molecular weight is 742 g/mol. The van der Waals surface area contributed by atoms with E-state index in [4.69, 9.17) is 9.05 Å². The molecule has 0 bridgehead atoms. The number of phosphoric ester groups is 1. The zero-order valence-electron chi connectivity index (χ0n) is 33.8. The molecule has 9 heteroatoms. The SMILES string of the molecule is CCCCCCCCCCCCCCCCCC/C=C/CC/C=C/CC/C=C/C(O)C(COP(=O)(O)OCC[N+](C)(C)C)NC(=O)CCCCC. The average Bonchev–Trinajstić information content (AvgIpc) is 3.07. The Labute approximate surface area is 315 Å². The Kier molecular flexibility index (Phi) is 33.6. The number of amides is 1. The number of rotatable bonds is 37. The summed E-state index contributed by atoms with van der Waals surface area (Å²) in [5, 5.41) is 13.5. The van der Waals surface area contributed by atoms with E-state index in [1.807, 2.05) is 27.2 Å². The Morgan fingerprint density at radius 1 is 0.647 bits per heavy atom. The molecule has 0 aliphatic heterocycles. The lowest BCUT2D eigenvalue weighted by Crippen LogP contribution is -2.45. The smallest absolute Gasteiger partial charge is 0.387 e. The Morgan fingerprint density at radius 3 is 1.57 bits per heavy atom. The summed E-state index contributed by atoms with van der Waals surface area (Å²) >= 11 is 0. The highest BCUT2D eigenvalue weighted by molar-refractivity contribution is 7.47. The maximum Gasteiger partial charge on any atom is 0.472 e. The number of quaternary nitrogens is 1. The van der Waals surface area contributed by atoms with E-state index in [9.17, 15) is 19.4 Å². The Bertz CT molecular complexity index is 933. The second kappa shape index (κ2) is 34.5. The van der Waals surface area contributed by atoms with Crippen LogP contribution < -0.4 is 5.32 Å². The van der Waals surface area contributed by atoms with Crippen LogP contribution >= 0.6 is 7.82 Å². The summed E-state index contributed by atoms with van der Waals surface area (Å²) in [6.45, 7) is 4.60. The minimum atomic E-state index is -4.32. The van der Waals surface area contributed by atoms with Gasteiger partial charge < -0.3 is 19.8 Å². The highest BCUT2D eigenvalue weighted by Crippen LogP contribution is 2.43. The second-order valence-corrected chi connectivity index (χ2v) is 16.8. The molecule has 0 fully saturated rings. The second-order valence-electron chi connectivity index (χ2n) is 15.4. The van der Waals surface area contributed by atoms with Crippen molar-refractivity contribution in [3.8, 4) is 0 Å². The van der Waals surface area contributed by atoms with Gasteiger partial charge in [0.2, 0.25) is 5.91 Å². The van der Waals surface area contributed by atoms with Crippen LogP contribution in [0.25, 0.3) is 0 Å². The van der Waals surface area contributed by atoms with Gasteiger partial charge in [0.1, 0.15) is 13.2 Å². The molecular formula is C42H82N2O6P+. The fourth-order valence-electron chi connectivity index (χ4n) is 5.72. The van der Waals surface area contributed by atoms with Crippen LogP contribution in [0.2, 0.25) is 0 Å². The predicted molar refractivity (Wildman–Crippen MR) is 217 cm³/mol. The van der Waals surface area contributed by atoms with Gasteiger partial charge in [-0.05, 0) is 44.9 Å². The maximum absolute atomic E-state index is 12.5. The molecule has 3 unspecified atom stereocenters. The zero-order valence-corrected chi connectivity index (χ0v) is 34.7.